The van der Waals surface area contributed by atoms with Gasteiger partial charge in [0, 0.05) is 34.6 Å². The molecule has 5 rings (SSSR count). The second kappa shape index (κ2) is 12.5. The minimum Gasteiger partial charge on any atom is -0.493 e. The third-order valence-corrected chi connectivity index (χ3v) is 6.98. The second-order valence-electron chi connectivity index (χ2n) is 9.27. The van der Waals surface area contributed by atoms with Crippen LogP contribution >= 0.6 is 0 Å². The van der Waals surface area contributed by atoms with E-state index in [0.717, 1.165) is 44.8 Å². The monoisotopic (exact) mass is 564 g/mol. The molecule has 5 aromatic rings. The van der Waals surface area contributed by atoms with Crippen LogP contribution in [0.3, 0.4) is 0 Å². The quantitative estimate of drug-likeness (QED) is 0.176. The fourth-order valence-electron chi connectivity index (χ4n) is 4.80. The average molecular weight is 565 g/mol. The Kier molecular flexibility index (Phi) is 8.43. The van der Waals surface area contributed by atoms with Crippen molar-refractivity contribution in [2.24, 2.45) is 0 Å². The van der Waals surface area contributed by atoms with Crippen LogP contribution in [0.1, 0.15) is 0 Å². The molecule has 0 unspecified atom stereocenters. The van der Waals surface area contributed by atoms with Gasteiger partial charge in [-0.1, -0.05) is 30.3 Å². The molecule has 3 aromatic carbocycles. The molecule has 8 nitrogen and oxygen atoms in total. The van der Waals surface area contributed by atoms with E-state index >= 15 is 0 Å². The third-order valence-electron chi connectivity index (χ3n) is 6.98. The molecule has 0 aliphatic heterocycles. The Labute approximate surface area is 245 Å². The Balaban J connectivity index is 1.41. The minimum absolute atomic E-state index is 0.551. The normalized spacial score (nSPS) is 10.6. The van der Waals surface area contributed by atoms with Crippen LogP contribution in [0.25, 0.3) is 44.8 Å². The van der Waals surface area contributed by atoms with E-state index < -0.39 is 0 Å². The highest BCUT2D eigenvalue weighted by Gasteiger charge is 2.16. The summed E-state index contributed by atoms with van der Waals surface area (Å²) in [5, 5.41) is 0. The summed E-state index contributed by atoms with van der Waals surface area (Å²) in [6, 6.07) is 23.9. The van der Waals surface area contributed by atoms with E-state index in [1.54, 1.807) is 42.7 Å². The number of rotatable bonds is 10. The van der Waals surface area contributed by atoms with Crippen molar-refractivity contribution in [2.75, 3.05) is 42.7 Å². The van der Waals surface area contributed by atoms with E-state index in [0.29, 0.717) is 34.5 Å². The fourth-order valence-corrected chi connectivity index (χ4v) is 4.80. The third kappa shape index (κ3) is 5.51. The van der Waals surface area contributed by atoms with Gasteiger partial charge in [0.1, 0.15) is 0 Å². The molecule has 8 heteroatoms. The molecule has 0 spiro atoms. The van der Waals surface area contributed by atoms with Crippen molar-refractivity contribution >= 4 is 0 Å². The molecular weight excluding hydrogens is 532 g/mol. The maximum absolute atomic E-state index is 5.50. The molecule has 214 valence electrons. The number of aromatic nitrogens is 2. The van der Waals surface area contributed by atoms with E-state index in [-0.39, 0.29) is 0 Å². The van der Waals surface area contributed by atoms with Gasteiger partial charge in [-0.3, -0.25) is 9.97 Å². The summed E-state index contributed by atoms with van der Waals surface area (Å²) >= 11 is 0. The fraction of sp³-hybridized carbons (Fsp3) is 0.176. The van der Waals surface area contributed by atoms with Crippen LogP contribution in [0.15, 0.2) is 85.2 Å². The van der Waals surface area contributed by atoms with Gasteiger partial charge in [-0.15, -0.1) is 0 Å². The van der Waals surface area contributed by atoms with Crippen molar-refractivity contribution in [2.45, 2.75) is 0 Å². The van der Waals surface area contributed by atoms with Crippen LogP contribution in [0.5, 0.6) is 34.5 Å². The molecule has 0 bridgehead atoms. The first-order valence-corrected chi connectivity index (χ1v) is 13.2. The van der Waals surface area contributed by atoms with Crippen LogP contribution < -0.4 is 28.4 Å². The number of hydrogen-bond acceptors (Lipinski definition) is 8. The Bertz CT molecular complexity index is 1510. The molecule has 2 aromatic heterocycles. The van der Waals surface area contributed by atoms with Gasteiger partial charge >= 0.3 is 0 Å². The van der Waals surface area contributed by atoms with Crippen molar-refractivity contribution in [1.29, 1.82) is 0 Å². The minimum atomic E-state index is 0.551. The van der Waals surface area contributed by atoms with Gasteiger partial charge in [0.25, 0.3) is 0 Å². The lowest BCUT2D eigenvalue weighted by molar-refractivity contribution is 0.324. The molecule has 0 saturated heterocycles. The van der Waals surface area contributed by atoms with Crippen molar-refractivity contribution in [3.8, 4) is 79.3 Å². The van der Waals surface area contributed by atoms with Gasteiger partial charge in [-0.05, 0) is 53.6 Å². The summed E-state index contributed by atoms with van der Waals surface area (Å²) in [4.78, 5) is 9.49. The smallest absolute Gasteiger partial charge is 0.203 e. The standard InChI is InChI=1S/C34H32N2O6/c1-37-29-15-25(16-30(38-2)33(29)41-5)23-10-12-27(35-19-23)21-8-7-9-22(14-21)28-13-11-24(20-36-28)26-17-31(39-3)34(42-6)32(18-26)40-4/h7-20H,1-6H3. The number of pyridine rings is 2. The number of methoxy groups -OCH3 is 6. The molecule has 0 aliphatic rings. The highest BCUT2D eigenvalue weighted by Crippen LogP contribution is 2.42. The van der Waals surface area contributed by atoms with Crippen LogP contribution in [-0.4, -0.2) is 52.6 Å². The lowest BCUT2D eigenvalue weighted by atomic mass is 10.0. The van der Waals surface area contributed by atoms with Gasteiger partial charge in [0.15, 0.2) is 23.0 Å². The Hall–Kier alpha value is -5.24. The molecule has 42 heavy (non-hydrogen) atoms. The molecule has 0 amide bonds. The number of ether oxygens (including phenoxy) is 6. The number of nitrogens with zero attached hydrogens (tertiary/aromatic N) is 2. The Morgan fingerprint density at radius 3 is 1.05 bits per heavy atom. The predicted octanol–water partition coefficient (Wildman–Crippen LogP) is 7.20. The van der Waals surface area contributed by atoms with E-state index in [2.05, 4.69) is 6.07 Å². The van der Waals surface area contributed by atoms with Gasteiger partial charge in [0.2, 0.25) is 11.5 Å². The summed E-state index contributed by atoms with van der Waals surface area (Å²) in [5.41, 5.74) is 7.35. The molecule has 0 aliphatic carbocycles. The van der Waals surface area contributed by atoms with Gasteiger partial charge in [0.05, 0.1) is 54.0 Å². The molecule has 2 heterocycles. The zero-order valence-electron chi connectivity index (χ0n) is 24.4. The lowest BCUT2D eigenvalue weighted by Gasteiger charge is -2.14. The van der Waals surface area contributed by atoms with Crippen molar-refractivity contribution in [3.05, 3.63) is 85.2 Å². The Morgan fingerprint density at radius 2 is 0.762 bits per heavy atom. The summed E-state index contributed by atoms with van der Waals surface area (Å²) in [6.45, 7) is 0. The van der Waals surface area contributed by atoms with Crippen LogP contribution in [-0.2, 0) is 0 Å². The number of hydrogen-bond donors (Lipinski definition) is 0. The van der Waals surface area contributed by atoms with Gasteiger partial charge in [-0.2, -0.15) is 0 Å². The number of benzene rings is 3. The summed E-state index contributed by atoms with van der Waals surface area (Å²) in [5.74, 6) is 3.46. The molecular formula is C34H32N2O6. The summed E-state index contributed by atoms with van der Waals surface area (Å²) < 4.78 is 32.9. The van der Waals surface area contributed by atoms with E-state index in [1.807, 2.05) is 79.1 Å². The highest BCUT2D eigenvalue weighted by atomic mass is 16.5. The van der Waals surface area contributed by atoms with Crippen molar-refractivity contribution < 1.29 is 28.4 Å². The van der Waals surface area contributed by atoms with E-state index in [4.69, 9.17) is 38.4 Å². The van der Waals surface area contributed by atoms with E-state index in [1.165, 1.54) is 0 Å². The SMILES string of the molecule is COc1cc(-c2ccc(-c3cccc(-c4ccc(-c5cc(OC)c(OC)c(OC)c5)cn4)c3)nc2)cc(OC)c1OC. The summed E-state index contributed by atoms with van der Waals surface area (Å²) in [7, 11) is 9.58. The van der Waals surface area contributed by atoms with Gasteiger partial charge < -0.3 is 28.4 Å². The predicted molar refractivity (Wildman–Crippen MR) is 163 cm³/mol. The molecule has 0 N–H and O–H groups in total. The first-order valence-electron chi connectivity index (χ1n) is 13.2. The topological polar surface area (TPSA) is 81.2 Å². The first-order chi connectivity index (χ1) is 20.5. The first kappa shape index (κ1) is 28.3. The maximum Gasteiger partial charge on any atom is 0.203 e. The molecule has 0 atom stereocenters. The highest BCUT2D eigenvalue weighted by molar-refractivity contribution is 5.75. The zero-order chi connectivity index (χ0) is 29.6. The van der Waals surface area contributed by atoms with Crippen molar-refractivity contribution in [3.63, 3.8) is 0 Å². The largest absolute Gasteiger partial charge is 0.493 e. The van der Waals surface area contributed by atoms with Gasteiger partial charge in [-0.25, -0.2) is 0 Å². The molecule has 0 saturated carbocycles. The average Bonchev–Trinajstić information content (AvgIpc) is 3.06. The van der Waals surface area contributed by atoms with Crippen molar-refractivity contribution in [1.82, 2.24) is 9.97 Å². The van der Waals surface area contributed by atoms with E-state index in [9.17, 15) is 0 Å². The van der Waals surface area contributed by atoms with Crippen LogP contribution in [0.4, 0.5) is 0 Å². The van der Waals surface area contributed by atoms with Crippen LogP contribution in [0, 0.1) is 0 Å². The summed E-state index contributed by atoms with van der Waals surface area (Å²) in [6.07, 6.45) is 3.68. The van der Waals surface area contributed by atoms with Crippen LogP contribution in [0.2, 0.25) is 0 Å². The second-order valence-corrected chi connectivity index (χ2v) is 9.27. The lowest BCUT2D eigenvalue weighted by Crippen LogP contribution is -1.96. The maximum atomic E-state index is 5.50. The Morgan fingerprint density at radius 1 is 0.381 bits per heavy atom. The zero-order valence-corrected chi connectivity index (χ0v) is 24.4. The molecule has 0 radical (unpaired) electrons. The molecule has 0 fully saturated rings.